The summed E-state index contributed by atoms with van der Waals surface area (Å²) in [6.07, 6.45) is 0.339. The lowest BCUT2D eigenvalue weighted by atomic mass is 9.95. The Labute approximate surface area is 412 Å². The highest BCUT2D eigenvalue weighted by Gasteiger charge is 2.44. The Morgan fingerprint density at radius 1 is 0.464 bits per heavy atom. The molecular formula is C50H86N10O9. The molecule has 8 atom stereocenters. The maximum atomic E-state index is 14.5. The first-order valence-electron chi connectivity index (χ1n) is 24.0. The van der Waals surface area contributed by atoms with Crippen LogP contribution in [0.1, 0.15) is 95.1 Å². The van der Waals surface area contributed by atoms with Crippen LogP contribution in [0.15, 0.2) is 30.3 Å². The van der Waals surface area contributed by atoms with Crippen molar-refractivity contribution < 1.29 is 43.2 Å². The fourth-order valence-electron chi connectivity index (χ4n) is 8.97. The number of hydrogen-bond acceptors (Lipinski definition) is 9. The Balaban J connectivity index is 3.43. The van der Waals surface area contributed by atoms with Crippen LogP contribution in [-0.2, 0) is 44.8 Å². The van der Waals surface area contributed by atoms with E-state index in [0.29, 0.717) is 0 Å². The number of carbonyl (C=O) groups excluding carboxylic acids is 9. The quantitative estimate of drug-likeness (QED) is 0.138. The topological polar surface area (TPSA) is 226 Å². The zero-order chi connectivity index (χ0) is 53.7. The van der Waals surface area contributed by atoms with Crippen molar-refractivity contribution in [3.8, 4) is 0 Å². The molecule has 0 radical (unpaired) electrons. The van der Waals surface area contributed by atoms with Gasteiger partial charge in [-0.15, -0.1) is 0 Å². The number of carbonyl (C=O) groups is 9. The molecule has 1 aromatic carbocycles. The predicted molar refractivity (Wildman–Crippen MR) is 267 cm³/mol. The fourth-order valence-corrected chi connectivity index (χ4v) is 8.97. The summed E-state index contributed by atoms with van der Waals surface area (Å²) in [4.78, 5) is 134. The second-order valence-corrected chi connectivity index (χ2v) is 20.3. The normalized spacial score (nSPS) is 15.0. The number of urea groups is 1. The second kappa shape index (κ2) is 26.9. The average molecular weight is 971 g/mol. The smallest absolute Gasteiger partial charge is 0.312 e. The molecule has 1 aromatic rings. The number of nitrogens with one attached hydrogen (secondary N) is 2. The molecule has 0 spiro atoms. The lowest BCUT2D eigenvalue weighted by Gasteiger charge is -2.41. The molecular weight excluding hydrogens is 885 g/mol. The van der Waals surface area contributed by atoms with Gasteiger partial charge in [0, 0.05) is 62.8 Å². The number of nitrogens with two attached hydrogens (primary N) is 1. The van der Waals surface area contributed by atoms with Gasteiger partial charge in [0.25, 0.3) is 0 Å². The first-order chi connectivity index (χ1) is 31.8. The molecule has 0 heterocycles. The summed E-state index contributed by atoms with van der Waals surface area (Å²) in [5.41, 5.74) is 6.23. The average Bonchev–Trinajstić information content (AvgIpc) is 3.27. The number of primary amides is 1. The minimum Gasteiger partial charge on any atom is -0.357 e. The van der Waals surface area contributed by atoms with Gasteiger partial charge in [0.1, 0.15) is 48.3 Å². The predicted octanol–water partition coefficient (Wildman–Crippen LogP) is 2.51. The summed E-state index contributed by atoms with van der Waals surface area (Å²) >= 11 is 0. The summed E-state index contributed by atoms with van der Waals surface area (Å²) in [5, 5.41) is 5.13. The van der Waals surface area contributed by atoms with Gasteiger partial charge in [0.2, 0.25) is 47.3 Å². The Kier molecular flexibility index (Phi) is 23.8. The molecule has 0 aliphatic rings. The standard InChI is InChI=1S/C50H86N10O9/c1-28(2)26-37(56(16)47(66)39(30(5)6)59(19)45(64)36(53-50(51)69)27-35-24-22-21-23-25-35)46(65)55(15)33(11)43(62)54(14)34(12)44(63)58(18)40(31(7)8)49(68)60(20)41(32(9)10)48(67)57(17)38(29(3)4)42(61)52-13/h21-25,28-34,36-41H,26-27H2,1-20H3,(H,52,61)(H3,51,53,69)/t33-,34-,36-,37-,38-,39-,40-,41-/m0/s1. The van der Waals surface area contributed by atoms with Crippen LogP contribution < -0.4 is 16.4 Å². The fraction of sp³-hybridized carbons (Fsp3) is 0.700. The van der Waals surface area contributed by atoms with Crippen molar-refractivity contribution in [1.82, 2.24) is 44.9 Å². The number of nitrogens with zero attached hydrogens (tertiary/aromatic N) is 7. The van der Waals surface area contributed by atoms with E-state index in [4.69, 9.17) is 5.73 Å². The van der Waals surface area contributed by atoms with Crippen molar-refractivity contribution in [2.45, 2.75) is 144 Å². The highest BCUT2D eigenvalue weighted by molar-refractivity contribution is 5.98. The molecule has 0 unspecified atom stereocenters. The molecule has 4 N–H and O–H groups in total. The highest BCUT2D eigenvalue weighted by Crippen LogP contribution is 2.24. The molecule has 0 aliphatic heterocycles. The van der Waals surface area contributed by atoms with Gasteiger partial charge in [-0.1, -0.05) is 99.6 Å². The van der Waals surface area contributed by atoms with Crippen LogP contribution in [0.3, 0.4) is 0 Å². The third kappa shape index (κ3) is 15.6. The van der Waals surface area contributed by atoms with Crippen molar-refractivity contribution in [2.75, 3.05) is 56.4 Å². The van der Waals surface area contributed by atoms with Crippen LogP contribution in [0.4, 0.5) is 4.79 Å². The van der Waals surface area contributed by atoms with Crippen molar-refractivity contribution in [2.24, 2.45) is 35.3 Å². The zero-order valence-corrected chi connectivity index (χ0v) is 45.2. The maximum absolute atomic E-state index is 14.5. The molecule has 0 saturated heterocycles. The molecule has 0 fully saturated rings. The molecule has 0 aromatic heterocycles. The van der Waals surface area contributed by atoms with E-state index < -0.39 is 108 Å². The lowest BCUT2D eigenvalue weighted by Crippen LogP contribution is -2.62. The van der Waals surface area contributed by atoms with Crippen LogP contribution in [0.5, 0.6) is 0 Å². The molecule has 0 aliphatic carbocycles. The molecule has 0 saturated carbocycles. The molecule has 69 heavy (non-hydrogen) atoms. The zero-order valence-electron chi connectivity index (χ0n) is 45.2. The molecule has 19 nitrogen and oxygen atoms in total. The minimum atomic E-state index is -1.11. The molecule has 10 amide bonds. The second-order valence-electron chi connectivity index (χ2n) is 20.3. The largest absolute Gasteiger partial charge is 0.357 e. The number of hydrogen-bond donors (Lipinski definition) is 3. The van der Waals surface area contributed by atoms with Gasteiger partial charge in [0.15, 0.2) is 0 Å². The van der Waals surface area contributed by atoms with Gasteiger partial charge in [0.05, 0.1) is 0 Å². The summed E-state index contributed by atoms with van der Waals surface area (Å²) in [5.74, 6) is -5.53. The number of rotatable bonds is 24. The number of amides is 10. The van der Waals surface area contributed by atoms with Crippen LogP contribution in [0.2, 0.25) is 0 Å². The first kappa shape index (κ1) is 61.3. The van der Waals surface area contributed by atoms with Gasteiger partial charge in [-0.05, 0) is 55.4 Å². The van der Waals surface area contributed by atoms with Crippen molar-refractivity contribution in [1.29, 1.82) is 0 Å². The third-order valence-corrected chi connectivity index (χ3v) is 13.1. The van der Waals surface area contributed by atoms with E-state index in [1.54, 1.807) is 65.8 Å². The van der Waals surface area contributed by atoms with Gasteiger partial charge in [-0.25, -0.2) is 4.79 Å². The summed E-state index contributed by atoms with van der Waals surface area (Å²) in [6.45, 7) is 21.2. The van der Waals surface area contributed by atoms with Gasteiger partial charge in [-0.2, -0.15) is 0 Å². The van der Waals surface area contributed by atoms with E-state index >= 15 is 0 Å². The Bertz CT molecular complexity index is 1940. The van der Waals surface area contributed by atoms with E-state index in [9.17, 15) is 43.2 Å². The van der Waals surface area contributed by atoms with Gasteiger partial charge in [-0.3, -0.25) is 38.4 Å². The van der Waals surface area contributed by atoms with E-state index in [-0.39, 0.29) is 36.5 Å². The lowest BCUT2D eigenvalue weighted by molar-refractivity contribution is -0.157. The summed E-state index contributed by atoms with van der Waals surface area (Å²) in [6, 6.07) is -0.0634. The van der Waals surface area contributed by atoms with Crippen LogP contribution in [0, 0.1) is 29.6 Å². The molecule has 390 valence electrons. The van der Waals surface area contributed by atoms with Crippen molar-refractivity contribution in [3.63, 3.8) is 0 Å². The van der Waals surface area contributed by atoms with Crippen LogP contribution in [-0.4, -0.2) is 192 Å². The number of likely N-dealkylation sites (N-methyl/N-ethyl adjacent to an activating group) is 8. The van der Waals surface area contributed by atoms with Crippen LogP contribution >= 0.6 is 0 Å². The summed E-state index contributed by atoms with van der Waals surface area (Å²) < 4.78 is 0. The van der Waals surface area contributed by atoms with E-state index in [2.05, 4.69) is 10.6 Å². The first-order valence-corrected chi connectivity index (χ1v) is 24.0. The third-order valence-electron chi connectivity index (χ3n) is 13.1. The SMILES string of the molecule is CNC(=O)[C@H](C(C)C)N(C)C(=O)[C@H](C(C)C)N(C)C(=O)[C@H](C(C)C)N(C)C(=O)[C@H](C)N(C)C(=O)[C@H](C)N(C)C(=O)[C@H](CC(C)C)N(C)C(=O)[C@H](C(C)C)N(C)C(=O)[C@H](Cc1ccccc1)NC(N)=O. The van der Waals surface area contributed by atoms with E-state index in [1.165, 1.54) is 105 Å². The highest BCUT2D eigenvalue weighted by atomic mass is 16.2. The van der Waals surface area contributed by atoms with E-state index in [1.807, 2.05) is 33.8 Å². The maximum Gasteiger partial charge on any atom is 0.312 e. The Morgan fingerprint density at radius 2 is 0.812 bits per heavy atom. The Morgan fingerprint density at radius 3 is 1.19 bits per heavy atom. The molecule has 1 rings (SSSR count). The van der Waals surface area contributed by atoms with Gasteiger partial charge >= 0.3 is 6.03 Å². The monoisotopic (exact) mass is 971 g/mol. The molecule has 0 bridgehead atoms. The van der Waals surface area contributed by atoms with E-state index in [0.717, 1.165) is 5.56 Å². The summed E-state index contributed by atoms with van der Waals surface area (Å²) in [7, 11) is 11.9. The van der Waals surface area contributed by atoms with Crippen molar-refractivity contribution in [3.05, 3.63) is 35.9 Å². The van der Waals surface area contributed by atoms with Crippen LogP contribution in [0.25, 0.3) is 0 Å². The van der Waals surface area contributed by atoms with Crippen molar-refractivity contribution >= 4 is 53.3 Å². The Hall–Kier alpha value is -5.75. The minimum absolute atomic E-state index is 0.0821. The number of benzene rings is 1. The van der Waals surface area contributed by atoms with Gasteiger partial charge < -0.3 is 50.7 Å². The molecule has 19 heteroatoms.